The Bertz CT molecular complexity index is 798. The number of esters is 1. The molecule has 0 fully saturated rings. The number of hydrogen-bond acceptors (Lipinski definition) is 3. The van der Waals surface area contributed by atoms with Gasteiger partial charge in [0, 0.05) is 15.1 Å². The molecule has 4 nitrogen and oxygen atoms in total. The van der Waals surface area contributed by atoms with Gasteiger partial charge in [-0.2, -0.15) is 0 Å². The fourth-order valence-corrected chi connectivity index (χ4v) is 2.27. The number of carbonyl (C=O) groups excluding carboxylic acids is 2. The van der Waals surface area contributed by atoms with E-state index in [4.69, 9.17) is 16.3 Å². The molecule has 2 rings (SSSR count). The molecule has 0 spiro atoms. The molecule has 0 aliphatic rings. The predicted molar refractivity (Wildman–Crippen MR) is 102 cm³/mol. The summed E-state index contributed by atoms with van der Waals surface area (Å²) in [4.78, 5) is 24.6. The fourth-order valence-electron chi connectivity index (χ4n) is 1.88. The van der Waals surface area contributed by atoms with Crippen LogP contribution in [0.15, 0.2) is 71.4 Å². The summed E-state index contributed by atoms with van der Waals surface area (Å²) in [6.45, 7) is 3.55. The summed E-state index contributed by atoms with van der Waals surface area (Å²) < 4.78 is 5.88. The molecule has 0 saturated carbocycles. The first-order chi connectivity index (χ1) is 12.0. The highest BCUT2D eigenvalue weighted by molar-refractivity contribution is 9.10. The average Bonchev–Trinajstić information content (AvgIpc) is 2.61. The SMILES string of the molecule is C=CCOC(=O)/C(=C\c1ccc(Cl)cc1)NC(=O)c1ccc(Br)cc1. The van der Waals surface area contributed by atoms with Gasteiger partial charge in [0.25, 0.3) is 5.91 Å². The van der Waals surface area contributed by atoms with Gasteiger partial charge >= 0.3 is 5.97 Å². The van der Waals surface area contributed by atoms with E-state index < -0.39 is 11.9 Å². The third kappa shape index (κ3) is 5.89. The van der Waals surface area contributed by atoms with Gasteiger partial charge in [-0.05, 0) is 48.0 Å². The zero-order valence-corrected chi connectivity index (χ0v) is 15.5. The summed E-state index contributed by atoms with van der Waals surface area (Å²) in [5.41, 5.74) is 1.14. The van der Waals surface area contributed by atoms with Crippen LogP contribution in [-0.2, 0) is 9.53 Å². The van der Waals surface area contributed by atoms with Gasteiger partial charge in [-0.25, -0.2) is 4.79 Å². The monoisotopic (exact) mass is 419 g/mol. The molecule has 0 heterocycles. The molecule has 1 N–H and O–H groups in total. The van der Waals surface area contributed by atoms with Crippen molar-refractivity contribution >= 4 is 45.5 Å². The summed E-state index contributed by atoms with van der Waals surface area (Å²) in [6, 6.07) is 13.6. The van der Waals surface area contributed by atoms with Crippen molar-refractivity contribution in [1.29, 1.82) is 0 Å². The molecule has 1 amide bonds. The van der Waals surface area contributed by atoms with Gasteiger partial charge in [0.15, 0.2) is 0 Å². The Labute approximate surface area is 159 Å². The van der Waals surface area contributed by atoms with E-state index in [0.29, 0.717) is 16.1 Å². The van der Waals surface area contributed by atoms with Crippen LogP contribution in [0.5, 0.6) is 0 Å². The minimum absolute atomic E-state index is 0.0251. The van der Waals surface area contributed by atoms with Crippen LogP contribution in [-0.4, -0.2) is 18.5 Å². The summed E-state index contributed by atoms with van der Waals surface area (Å²) in [6.07, 6.45) is 2.98. The maximum Gasteiger partial charge on any atom is 0.355 e. The van der Waals surface area contributed by atoms with Crippen LogP contribution in [0.2, 0.25) is 5.02 Å². The van der Waals surface area contributed by atoms with Gasteiger partial charge in [0.1, 0.15) is 12.3 Å². The van der Waals surface area contributed by atoms with Crippen molar-refractivity contribution in [2.24, 2.45) is 0 Å². The van der Waals surface area contributed by atoms with Crippen LogP contribution >= 0.6 is 27.5 Å². The second-order valence-corrected chi connectivity index (χ2v) is 6.31. The molecular formula is C19H15BrClNO3. The first-order valence-electron chi connectivity index (χ1n) is 7.32. The molecule has 128 valence electrons. The molecule has 0 aromatic heterocycles. The first kappa shape index (κ1) is 19.0. The lowest BCUT2D eigenvalue weighted by molar-refractivity contribution is -0.138. The van der Waals surface area contributed by atoms with Gasteiger partial charge in [0.05, 0.1) is 0 Å². The molecule has 6 heteroatoms. The molecule has 0 saturated heterocycles. The summed E-state index contributed by atoms with van der Waals surface area (Å²) >= 11 is 9.17. The highest BCUT2D eigenvalue weighted by Gasteiger charge is 2.15. The second-order valence-electron chi connectivity index (χ2n) is 4.96. The Hall–Kier alpha value is -2.37. The van der Waals surface area contributed by atoms with Crippen molar-refractivity contribution in [3.63, 3.8) is 0 Å². The van der Waals surface area contributed by atoms with Crippen molar-refractivity contribution in [2.45, 2.75) is 0 Å². The molecule has 0 atom stereocenters. The molecule has 2 aromatic carbocycles. The molecule has 0 aliphatic heterocycles. The molecule has 2 aromatic rings. The lowest BCUT2D eigenvalue weighted by atomic mass is 10.1. The largest absolute Gasteiger partial charge is 0.457 e. The smallest absolute Gasteiger partial charge is 0.355 e. The standard InChI is InChI=1S/C19H15BrClNO3/c1-2-11-25-19(24)17(12-13-3-9-16(21)10-4-13)22-18(23)14-5-7-15(20)8-6-14/h2-10,12H,1,11H2,(H,22,23)/b17-12+. The minimum atomic E-state index is -0.652. The van der Waals surface area contributed by atoms with Gasteiger partial charge in [-0.3, -0.25) is 4.79 Å². The van der Waals surface area contributed by atoms with Crippen LogP contribution in [0.1, 0.15) is 15.9 Å². The van der Waals surface area contributed by atoms with E-state index in [0.717, 1.165) is 4.47 Å². The van der Waals surface area contributed by atoms with Crippen LogP contribution in [0.3, 0.4) is 0 Å². The molecule has 0 radical (unpaired) electrons. The summed E-state index contributed by atoms with van der Waals surface area (Å²) in [5.74, 6) is -1.07. The van der Waals surface area contributed by atoms with Crippen molar-refractivity contribution in [3.8, 4) is 0 Å². The van der Waals surface area contributed by atoms with Crippen molar-refractivity contribution in [1.82, 2.24) is 5.32 Å². The zero-order valence-electron chi connectivity index (χ0n) is 13.2. The second kappa shape index (κ2) is 9.20. The van der Waals surface area contributed by atoms with E-state index in [2.05, 4.69) is 27.8 Å². The predicted octanol–water partition coefficient (Wildman–Crippen LogP) is 4.60. The lowest BCUT2D eigenvalue weighted by Gasteiger charge is -2.10. The van der Waals surface area contributed by atoms with E-state index in [1.54, 1.807) is 48.5 Å². The van der Waals surface area contributed by atoms with Crippen LogP contribution in [0.4, 0.5) is 0 Å². The van der Waals surface area contributed by atoms with Crippen LogP contribution in [0.25, 0.3) is 6.08 Å². The van der Waals surface area contributed by atoms with Crippen molar-refractivity contribution < 1.29 is 14.3 Å². The topological polar surface area (TPSA) is 55.4 Å². The maximum absolute atomic E-state index is 12.4. The van der Waals surface area contributed by atoms with E-state index in [1.165, 1.54) is 12.2 Å². The Morgan fingerprint density at radius 1 is 1.12 bits per heavy atom. The zero-order chi connectivity index (χ0) is 18.2. The number of nitrogens with one attached hydrogen (secondary N) is 1. The van der Waals surface area contributed by atoms with Gasteiger partial charge in [-0.15, -0.1) is 0 Å². The van der Waals surface area contributed by atoms with Crippen molar-refractivity contribution in [2.75, 3.05) is 6.61 Å². The highest BCUT2D eigenvalue weighted by Crippen LogP contribution is 2.14. The Morgan fingerprint density at radius 2 is 1.76 bits per heavy atom. The number of ether oxygens (including phenoxy) is 1. The molecule has 0 unspecified atom stereocenters. The number of amides is 1. The third-order valence-corrected chi connectivity index (χ3v) is 3.87. The lowest BCUT2D eigenvalue weighted by Crippen LogP contribution is -2.28. The van der Waals surface area contributed by atoms with Gasteiger partial charge in [0.2, 0.25) is 0 Å². The molecule has 0 aliphatic carbocycles. The average molecular weight is 421 g/mol. The normalized spacial score (nSPS) is 10.9. The molecule has 25 heavy (non-hydrogen) atoms. The van der Waals surface area contributed by atoms with E-state index >= 15 is 0 Å². The van der Waals surface area contributed by atoms with Gasteiger partial charge in [-0.1, -0.05) is 52.3 Å². The van der Waals surface area contributed by atoms with Gasteiger partial charge < -0.3 is 10.1 Å². The number of halogens is 2. The number of hydrogen-bond donors (Lipinski definition) is 1. The minimum Gasteiger partial charge on any atom is -0.457 e. The quantitative estimate of drug-likeness (QED) is 0.422. The maximum atomic E-state index is 12.4. The molecular weight excluding hydrogens is 406 g/mol. The first-order valence-corrected chi connectivity index (χ1v) is 8.49. The Balaban J connectivity index is 2.25. The van der Waals surface area contributed by atoms with E-state index in [9.17, 15) is 9.59 Å². The highest BCUT2D eigenvalue weighted by atomic mass is 79.9. The van der Waals surface area contributed by atoms with E-state index in [-0.39, 0.29) is 12.3 Å². The Kier molecular flexibility index (Phi) is 6.98. The summed E-state index contributed by atoms with van der Waals surface area (Å²) in [7, 11) is 0. The third-order valence-electron chi connectivity index (χ3n) is 3.09. The summed E-state index contributed by atoms with van der Waals surface area (Å²) in [5, 5.41) is 3.17. The molecule has 0 bridgehead atoms. The number of benzene rings is 2. The van der Waals surface area contributed by atoms with E-state index in [1.807, 2.05) is 0 Å². The van der Waals surface area contributed by atoms with Crippen molar-refractivity contribution in [3.05, 3.63) is 87.5 Å². The fraction of sp³-hybridized carbons (Fsp3) is 0.0526. The number of carbonyl (C=O) groups is 2. The van der Waals surface area contributed by atoms with Crippen LogP contribution < -0.4 is 5.32 Å². The Morgan fingerprint density at radius 3 is 2.36 bits per heavy atom. The van der Waals surface area contributed by atoms with Crippen LogP contribution in [0, 0.1) is 0 Å². The number of rotatable bonds is 6.